The molecule has 0 aromatic heterocycles. The highest BCUT2D eigenvalue weighted by Gasteiger charge is 2.10. The molecule has 0 unspecified atom stereocenters. The average molecular weight is 384 g/mol. The van der Waals surface area contributed by atoms with Crippen molar-refractivity contribution in [3.63, 3.8) is 0 Å². The summed E-state index contributed by atoms with van der Waals surface area (Å²) in [6.07, 6.45) is 0. The van der Waals surface area contributed by atoms with E-state index in [1.54, 1.807) is 30.3 Å². The van der Waals surface area contributed by atoms with Crippen LogP contribution >= 0.6 is 39.7 Å². The molecule has 108 valence electrons. The van der Waals surface area contributed by atoms with Gasteiger partial charge in [-0.15, -0.1) is 0 Å². The number of aryl methyl sites for hydroxylation is 1. The molecule has 0 bridgehead atoms. The van der Waals surface area contributed by atoms with Crippen molar-refractivity contribution in [2.45, 2.75) is 6.92 Å². The molecule has 0 fully saturated rings. The van der Waals surface area contributed by atoms with E-state index in [1.165, 1.54) is 0 Å². The van der Waals surface area contributed by atoms with Gasteiger partial charge >= 0.3 is 0 Å². The Morgan fingerprint density at radius 2 is 1.90 bits per heavy atom. The third-order valence-corrected chi connectivity index (χ3v) is 4.36. The maximum atomic E-state index is 12.2. The molecule has 2 rings (SSSR count). The van der Waals surface area contributed by atoms with Gasteiger partial charge in [0.1, 0.15) is 4.99 Å². The Morgan fingerprint density at radius 3 is 2.48 bits per heavy atom. The lowest BCUT2D eigenvalue weighted by Crippen LogP contribution is -2.13. The van der Waals surface area contributed by atoms with Crippen LogP contribution in [-0.2, 0) is 0 Å². The number of anilines is 1. The molecule has 3 N–H and O–H groups in total. The van der Waals surface area contributed by atoms with Gasteiger partial charge in [-0.1, -0.05) is 39.7 Å². The lowest BCUT2D eigenvalue weighted by Gasteiger charge is -2.09. The molecule has 0 aliphatic heterocycles. The van der Waals surface area contributed by atoms with Crippen LogP contribution in [0.25, 0.3) is 0 Å². The van der Waals surface area contributed by atoms with E-state index in [0.29, 0.717) is 21.8 Å². The van der Waals surface area contributed by atoms with E-state index in [9.17, 15) is 4.79 Å². The number of thiocarbonyl (C=S) groups is 1. The molecule has 0 atom stereocenters. The summed E-state index contributed by atoms with van der Waals surface area (Å²) in [6, 6.07) is 10.4. The lowest BCUT2D eigenvalue weighted by atomic mass is 10.1. The van der Waals surface area contributed by atoms with E-state index >= 15 is 0 Å². The number of carbonyl (C=O) groups is 1. The summed E-state index contributed by atoms with van der Waals surface area (Å²) in [6.45, 7) is 1.92. The Hall–Kier alpha value is -1.43. The van der Waals surface area contributed by atoms with Crippen molar-refractivity contribution in [1.29, 1.82) is 0 Å². The minimum atomic E-state index is -0.226. The van der Waals surface area contributed by atoms with Gasteiger partial charge in [0, 0.05) is 15.6 Å². The number of halogens is 2. The van der Waals surface area contributed by atoms with Crippen LogP contribution < -0.4 is 11.1 Å². The maximum Gasteiger partial charge on any atom is 0.255 e. The standard InChI is InChI=1S/C15H12BrClN2OS/c1-8-6-10(2-4-11(8)16)15(20)19-13-5-3-9(14(18)21)7-12(13)17/h2-7H,1H3,(H2,18,21)(H,19,20). The number of hydrogen-bond acceptors (Lipinski definition) is 2. The van der Waals surface area contributed by atoms with Crippen molar-refractivity contribution in [2.75, 3.05) is 5.32 Å². The van der Waals surface area contributed by atoms with Gasteiger partial charge in [0.05, 0.1) is 10.7 Å². The number of benzene rings is 2. The van der Waals surface area contributed by atoms with Gasteiger partial charge in [-0.25, -0.2) is 0 Å². The molecule has 6 heteroatoms. The zero-order valence-corrected chi connectivity index (χ0v) is 14.3. The quantitative estimate of drug-likeness (QED) is 0.777. The first-order valence-electron chi connectivity index (χ1n) is 6.05. The monoisotopic (exact) mass is 382 g/mol. The van der Waals surface area contributed by atoms with Crippen LogP contribution in [0.15, 0.2) is 40.9 Å². The molecule has 0 radical (unpaired) electrons. The predicted octanol–water partition coefficient (Wildman–Crippen LogP) is 4.30. The van der Waals surface area contributed by atoms with Crippen LogP contribution in [0.4, 0.5) is 5.69 Å². The molecular formula is C15H12BrClN2OS. The molecule has 21 heavy (non-hydrogen) atoms. The molecule has 0 spiro atoms. The van der Waals surface area contributed by atoms with Crippen LogP contribution in [-0.4, -0.2) is 10.9 Å². The molecule has 0 aliphatic carbocycles. The third kappa shape index (κ3) is 3.81. The topological polar surface area (TPSA) is 55.1 Å². The first kappa shape index (κ1) is 15.9. The lowest BCUT2D eigenvalue weighted by molar-refractivity contribution is 0.102. The number of nitrogens with one attached hydrogen (secondary N) is 1. The molecule has 2 aromatic carbocycles. The van der Waals surface area contributed by atoms with Gasteiger partial charge in [0.25, 0.3) is 5.91 Å². The van der Waals surface area contributed by atoms with Crippen LogP contribution in [0.5, 0.6) is 0 Å². The Balaban J connectivity index is 2.23. The van der Waals surface area contributed by atoms with Crippen molar-refractivity contribution in [3.8, 4) is 0 Å². The second kappa shape index (κ2) is 6.56. The van der Waals surface area contributed by atoms with E-state index in [2.05, 4.69) is 21.2 Å². The molecule has 0 saturated heterocycles. The van der Waals surface area contributed by atoms with Gasteiger partial charge in [-0.2, -0.15) is 0 Å². The van der Waals surface area contributed by atoms with E-state index in [0.717, 1.165) is 10.0 Å². The molecule has 2 aromatic rings. The summed E-state index contributed by atoms with van der Waals surface area (Å²) < 4.78 is 0.956. The molecule has 0 aliphatic rings. The van der Waals surface area contributed by atoms with Crippen molar-refractivity contribution in [2.24, 2.45) is 5.73 Å². The van der Waals surface area contributed by atoms with Gasteiger partial charge in [0.15, 0.2) is 0 Å². The fourth-order valence-electron chi connectivity index (χ4n) is 1.75. The summed E-state index contributed by atoms with van der Waals surface area (Å²) >= 11 is 14.4. The average Bonchev–Trinajstić information content (AvgIpc) is 2.43. The smallest absolute Gasteiger partial charge is 0.255 e. The number of rotatable bonds is 3. The highest BCUT2D eigenvalue weighted by atomic mass is 79.9. The first-order chi connectivity index (χ1) is 9.88. The van der Waals surface area contributed by atoms with Crippen LogP contribution in [0.2, 0.25) is 5.02 Å². The number of carbonyl (C=O) groups excluding carboxylic acids is 1. The SMILES string of the molecule is Cc1cc(C(=O)Nc2ccc(C(N)=S)cc2Cl)ccc1Br. The number of nitrogens with two attached hydrogens (primary N) is 1. The van der Waals surface area contributed by atoms with Gasteiger partial charge in [-0.05, 0) is 48.9 Å². The largest absolute Gasteiger partial charge is 0.389 e. The second-order valence-electron chi connectivity index (χ2n) is 4.48. The molecule has 0 heterocycles. The molecule has 1 amide bonds. The molecule has 3 nitrogen and oxygen atoms in total. The Kier molecular flexibility index (Phi) is 4.98. The minimum Gasteiger partial charge on any atom is -0.389 e. The van der Waals surface area contributed by atoms with E-state index in [4.69, 9.17) is 29.6 Å². The van der Waals surface area contributed by atoms with Gasteiger partial charge in [-0.3, -0.25) is 4.79 Å². The fraction of sp³-hybridized carbons (Fsp3) is 0.0667. The highest BCUT2D eigenvalue weighted by molar-refractivity contribution is 9.10. The molecule has 0 saturated carbocycles. The Labute approximate surface area is 141 Å². The maximum absolute atomic E-state index is 12.2. The number of amides is 1. The van der Waals surface area contributed by atoms with Crippen LogP contribution in [0.3, 0.4) is 0 Å². The van der Waals surface area contributed by atoms with E-state index in [-0.39, 0.29) is 10.9 Å². The van der Waals surface area contributed by atoms with Crippen LogP contribution in [0, 0.1) is 6.92 Å². The zero-order valence-electron chi connectivity index (χ0n) is 11.1. The summed E-state index contributed by atoms with van der Waals surface area (Å²) in [7, 11) is 0. The van der Waals surface area contributed by atoms with E-state index in [1.807, 2.05) is 13.0 Å². The summed E-state index contributed by atoms with van der Waals surface area (Å²) in [5, 5.41) is 3.16. The second-order valence-corrected chi connectivity index (χ2v) is 6.18. The van der Waals surface area contributed by atoms with Crippen molar-refractivity contribution in [3.05, 3.63) is 62.6 Å². The van der Waals surface area contributed by atoms with Crippen molar-refractivity contribution >= 4 is 56.3 Å². The van der Waals surface area contributed by atoms with Gasteiger partial charge in [0.2, 0.25) is 0 Å². The van der Waals surface area contributed by atoms with Crippen LogP contribution in [0.1, 0.15) is 21.5 Å². The van der Waals surface area contributed by atoms with E-state index < -0.39 is 0 Å². The number of hydrogen-bond donors (Lipinski definition) is 2. The normalized spacial score (nSPS) is 10.2. The predicted molar refractivity (Wildman–Crippen MR) is 94.2 cm³/mol. The summed E-state index contributed by atoms with van der Waals surface area (Å²) in [5.41, 5.74) is 8.26. The fourth-order valence-corrected chi connectivity index (χ4v) is 2.35. The summed E-state index contributed by atoms with van der Waals surface area (Å²) in [5.74, 6) is -0.226. The van der Waals surface area contributed by atoms with Crippen molar-refractivity contribution < 1.29 is 4.79 Å². The van der Waals surface area contributed by atoms with Gasteiger partial charge < -0.3 is 11.1 Å². The molecular weight excluding hydrogens is 372 g/mol. The minimum absolute atomic E-state index is 0.226. The first-order valence-corrected chi connectivity index (χ1v) is 7.63. The Bertz CT molecular complexity index is 734. The Morgan fingerprint density at radius 1 is 1.24 bits per heavy atom. The zero-order chi connectivity index (χ0) is 15.6. The summed E-state index contributed by atoms with van der Waals surface area (Å²) in [4.78, 5) is 12.5. The third-order valence-electron chi connectivity index (χ3n) is 2.92. The van der Waals surface area contributed by atoms with Crippen molar-refractivity contribution in [1.82, 2.24) is 0 Å². The highest BCUT2D eigenvalue weighted by Crippen LogP contribution is 2.24.